The highest BCUT2D eigenvalue weighted by atomic mass is 16.2. The van der Waals surface area contributed by atoms with Gasteiger partial charge in [-0.05, 0) is 27.2 Å². The number of amides is 1. The standard InChI is InChI=1S/C12H22N4O/c1-6-8(2)13-12(17)10(4)14-11-7-16(5)15-9(11)3/h7-8,10,14H,6H2,1-5H3,(H,13,17). The summed E-state index contributed by atoms with van der Waals surface area (Å²) in [5.41, 5.74) is 1.80. The first-order chi connectivity index (χ1) is 7.93. The number of hydrogen-bond donors (Lipinski definition) is 2. The van der Waals surface area contributed by atoms with Crippen LogP contribution in [0.2, 0.25) is 0 Å². The first kappa shape index (κ1) is 13.5. The van der Waals surface area contributed by atoms with Crippen molar-refractivity contribution in [2.24, 2.45) is 7.05 Å². The molecule has 1 aromatic heterocycles. The molecule has 0 bridgehead atoms. The molecule has 1 amide bonds. The largest absolute Gasteiger partial charge is 0.371 e. The third kappa shape index (κ3) is 3.76. The first-order valence-corrected chi connectivity index (χ1v) is 6.01. The molecule has 0 saturated carbocycles. The molecular formula is C12H22N4O. The molecule has 0 aromatic carbocycles. The van der Waals surface area contributed by atoms with E-state index in [9.17, 15) is 4.79 Å². The third-order valence-electron chi connectivity index (χ3n) is 2.78. The van der Waals surface area contributed by atoms with E-state index in [1.165, 1.54) is 0 Å². The Morgan fingerprint density at radius 2 is 2.18 bits per heavy atom. The van der Waals surface area contributed by atoms with Crippen molar-refractivity contribution in [3.63, 3.8) is 0 Å². The minimum Gasteiger partial charge on any atom is -0.371 e. The number of nitrogens with zero attached hydrogens (tertiary/aromatic N) is 2. The van der Waals surface area contributed by atoms with Gasteiger partial charge in [-0.15, -0.1) is 0 Å². The Balaban J connectivity index is 2.57. The van der Waals surface area contributed by atoms with Gasteiger partial charge in [-0.2, -0.15) is 5.10 Å². The number of aromatic nitrogens is 2. The smallest absolute Gasteiger partial charge is 0.242 e. The predicted molar refractivity (Wildman–Crippen MR) is 68.9 cm³/mol. The number of carbonyl (C=O) groups is 1. The molecule has 0 aliphatic rings. The lowest BCUT2D eigenvalue weighted by molar-refractivity contribution is -0.122. The lowest BCUT2D eigenvalue weighted by atomic mass is 10.2. The molecule has 5 nitrogen and oxygen atoms in total. The van der Waals surface area contributed by atoms with Crippen LogP contribution in [-0.2, 0) is 11.8 Å². The quantitative estimate of drug-likeness (QED) is 0.816. The normalized spacial score (nSPS) is 14.2. The Morgan fingerprint density at radius 3 is 2.65 bits per heavy atom. The Kier molecular flexibility index (Phi) is 4.54. The van der Waals surface area contributed by atoms with Crippen molar-refractivity contribution < 1.29 is 4.79 Å². The maximum absolute atomic E-state index is 11.8. The van der Waals surface area contributed by atoms with Crippen LogP contribution in [0.15, 0.2) is 6.20 Å². The van der Waals surface area contributed by atoms with Crippen molar-refractivity contribution in [2.45, 2.75) is 46.2 Å². The van der Waals surface area contributed by atoms with E-state index in [0.29, 0.717) is 0 Å². The SMILES string of the molecule is CCC(C)NC(=O)C(C)Nc1cn(C)nc1C. The summed E-state index contributed by atoms with van der Waals surface area (Å²) >= 11 is 0. The highest BCUT2D eigenvalue weighted by Gasteiger charge is 2.15. The molecule has 0 saturated heterocycles. The van der Waals surface area contributed by atoms with Crippen molar-refractivity contribution >= 4 is 11.6 Å². The molecule has 0 aliphatic heterocycles. The Bertz CT molecular complexity index is 386. The number of nitrogens with one attached hydrogen (secondary N) is 2. The van der Waals surface area contributed by atoms with Crippen LogP contribution < -0.4 is 10.6 Å². The van der Waals surface area contributed by atoms with Gasteiger partial charge in [0, 0.05) is 19.3 Å². The molecule has 17 heavy (non-hydrogen) atoms. The molecule has 96 valence electrons. The second kappa shape index (κ2) is 5.70. The van der Waals surface area contributed by atoms with Crippen LogP contribution in [0.5, 0.6) is 0 Å². The zero-order chi connectivity index (χ0) is 13.0. The van der Waals surface area contributed by atoms with E-state index in [2.05, 4.69) is 15.7 Å². The minimum absolute atomic E-state index is 0.0163. The highest BCUT2D eigenvalue weighted by molar-refractivity contribution is 5.84. The summed E-state index contributed by atoms with van der Waals surface area (Å²) in [5, 5.41) is 10.3. The van der Waals surface area contributed by atoms with Gasteiger partial charge in [0.15, 0.2) is 0 Å². The molecule has 1 aromatic rings. The summed E-state index contributed by atoms with van der Waals surface area (Å²) in [6.45, 7) is 7.82. The third-order valence-corrected chi connectivity index (χ3v) is 2.78. The van der Waals surface area contributed by atoms with Gasteiger partial charge < -0.3 is 10.6 Å². The fourth-order valence-electron chi connectivity index (χ4n) is 1.51. The molecule has 0 fully saturated rings. The Hall–Kier alpha value is -1.52. The van der Waals surface area contributed by atoms with Gasteiger partial charge in [-0.25, -0.2) is 0 Å². The van der Waals surface area contributed by atoms with Crippen LogP contribution in [0, 0.1) is 6.92 Å². The number of aryl methyl sites for hydroxylation is 2. The van der Waals surface area contributed by atoms with Crippen molar-refractivity contribution in [2.75, 3.05) is 5.32 Å². The number of hydrogen-bond acceptors (Lipinski definition) is 3. The number of carbonyl (C=O) groups excluding carboxylic acids is 1. The molecular weight excluding hydrogens is 216 g/mol. The first-order valence-electron chi connectivity index (χ1n) is 6.01. The average molecular weight is 238 g/mol. The van der Waals surface area contributed by atoms with Gasteiger partial charge in [0.05, 0.1) is 11.4 Å². The summed E-state index contributed by atoms with van der Waals surface area (Å²) in [4.78, 5) is 11.8. The van der Waals surface area contributed by atoms with Gasteiger partial charge in [0.1, 0.15) is 6.04 Å². The van der Waals surface area contributed by atoms with Gasteiger partial charge in [0.25, 0.3) is 0 Å². The Labute approximate surface area is 103 Å². The van der Waals surface area contributed by atoms with E-state index in [0.717, 1.165) is 17.8 Å². The van der Waals surface area contributed by atoms with E-state index in [4.69, 9.17) is 0 Å². The number of rotatable bonds is 5. The zero-order valence-electron chi connectivity index (χ0n) is 11.2. The van der Waals surface area contributed by atoms with Gasteiger partial charge in [-0.3, -0.25) is 9.48 Å². The average Bonchev–Trinajstić information content (AvgIpc) is 2.57. The monoisotopic (exact) mass is 238 g/mol. The van der Waals surface area contributed by atoms with Crippen LogP contribution in [0.1, 0.15) is 32.9 Å². The van der Waals surface area contributed by atoms with Gasteiger partial charge >= 0.3 is 0 Å². The van der Waals surface area contributed by atoms with Crippen LogP contribution >= 0.6 is 0 Å². The topological polar surface area (TPSA) is 59.0 Å². The summed E-state index contributed by atoms with van der Waals surface area (Å²) in [7, 11) is 1.86. The molecule has 0 aliphatic carbocycles. The van der Waals surface area contributed by atoms with E-state index in [-0.39, 0.29) is 18.0 Å². The lowest BCUT2D eigenvalue weighted by Gasteiger charge is -2.17. The van der Waals surface area contributed by atoms with Crippen LogP contribution in [-0.4, -0.2) is 27.8 Å². The zero-order valence-corrected chi connectivity index (χ0v) is 11.2. The van der Waals surface area contributed by atoms with E-state index < -0.39 is 0 Å². The fourth-order valence-corrected chi connectivity index (χ4v) is 1.51. The van der Waals surface area contributed by atoms with Crippen molar-refractivity contribution in [1.82, 2.24) is 15.1 Å². The van der Waals surface area contributed by atoms with Crippen LogP contribution in [0.3, 0.4) is 0 Å². The summed E-state index contributed by atoms with van der Waals surface area (Å²) in [5.74, 6) is 0.0163. The molecule has 5 heteroatoms. The van der Waals surface area contributed by atoms with Gasteiger partial charge in [-0.1, -0.05) is 6.92 Å². The second-order valence-corrected chi connectivity index (χ2v) is 4.49. The van der Waals surface area contributed by atoms with Crippen molar-refractivity contribution in [3.05, 3.63) is 11.9 Å². The highest BCUT2D eigenvalue weighted by Crippen LogP contribution is 2.12. The van der Waals surface area contributed by atoms with Crippen molar-refractivity contribution in [1.29, 1.82) is 0 Å². The molecule has 0 radical (unpaired) electrons. The molecule has 1 rings (SSSR count). The lowest BCUT2D eigenvalue weighted by Crippen LogP contribution is -2.41. The van der Waals surface area contributed by atoms with Crippen LogP contribution in [0.25, 0.3) is 0 Å². The molecule has 2 atom stereocenters. The predicted octanol–water partition coefficient (Wildman–Crippen LogP) is 1.44. The molecule has 2 unspecified atom stereocenters. The summed E-state index contributed by atoms with van der Waals surface area (Å²) in [6.07, 6.45) is 2.81. The minimum atomic E-state index is -0.258. The van der Waals surface area contributed by atoms with E-state index in [1.54, 1.807) is 4.68 Å². The fraction of sp³-hybridized carbons (Fsp3) is 0.667. The molecule has 2 N–H and O–H groups in total. The Morgan fingerprint density at radius 1 is 1.53 bits per heavy atom. The summed E-state index contributed by atoms with van der Waals surface area (Å²) < 4.78 is 1.73. The maximum atomic E-state index is 11.8. The van der Waals surface area contributed by atoms with Crippen LogP contribution in [0.4, 0.5) is 5.69 Å². The van der Waals surface area contributed by atoms with Gasteiger partial charge in [0.2, 0.25) is 5.91 Å². The number of anilines is 1. The molecule has 0 spiro atoms. The summed E-state index contributed by atoms with van der Waals surface area (Å²) in [6, 6.07) is -0.0476. The van der Waals surface area contributed by atoms with E-state index in [1.807, 2.05) is 40.9 Å². The second-order valence-electron chi connectivity index (χ2n) is 4.49. The maximum Gasteiger partial charge on any atom is 0.242 e. The van der Waals surface area contributed by atoms with Crippen molar-refractivity contribution in [3.8, 4) is 0 Å². The molecule has 1 heterocycles. The van der Waals surface area contributed by atoms with E-state index >= 15 is 0 Å².